The Labute approximate surface area is 137 Å². The number of hydrogen-bond acceptors (Lipinski definition) is 3. The maximum Gasteiger partial charge on any atom is 0.229 e. The van der Waals surface area contributed by atoms with Gasteiger partial charge in [0.15, 0.2) is 0 Å². The highest BCUT2D eigenvalue weighted by molar-refractivity contribution is 9.10. The summed E-state index contributed by atoms with van der Waals surface area (Å²) in [5.41, 5.74) is 2.07. The second kappa shape index (κ2) is 5.83. The molecule has 116 valence electrons. The van der Waals surface area contributed by atoms with Crippen molar-refractivity contribution in [3.63, 3.8) is 0 Å². The first kappa shape index (κ1) is 15.2. The topological polar surface area (TPSA) is 57.7 Å². The lowest BCUT2D eigenvalue weighted by molar-refractivity contribution is -0.138. The number of anilines is 1. The van der Waals surface area contributed by atoms with Crippen molar-refractivity contribution in [3.05, 3.63) is 28.2 Å². The Bertz CT molecular complexity index is 643. The molecule has 0 bridgehead atoms. The van der Waals surface area contributed by atoms with Gasteiger partial charge in [0.1, 0.15) is 0 Å². The lowest BCUT2D eigenvalue weighted by Crippen LogP contribution is -2.39. The van der Waals surface area contributed by atoms with Crippen LogP contribution < -0.4 is 4.90 Å². The van der Waals surface area contributed by atoms with Gasteiger partial charge in [-0.25, -0.2) is 0 Å². The van der Waals surface area contributed by atoms with Gasteiger partial charge in [-0.15, -0.1) is 0 Å². The molecule has 1 aromatic carbocycles. The molecule has 0 saturated carbocycles. The fourth-order valence-electron chi connectivity index (χ4n) is 3.18. The number of carbonyl (C=O) groups excluding carboxylic acids is 3. The highest BCUT2D eigenvalue weighted by Crippen LogP contribution is 2.34. The number of imide groups is 1. The molecule has 1 fully saturated rings. The number of fused-ring (bicyclic) bond motifs is 1. The summed E-state index contributed by atoms with van der Waals surface area (Å²) in [6, 6.07) is 5.99. The Morgan fingerprint density at radius 2 is 1.95 bits per heavy atom. The molecule has 0 aromatic heterocycles. The monoisotopic (exact) mass is 364 g/mol. The molecular weight excluding hydrogens is 348 g/mol. The van der Waals surface area contributed by atoms with E-state index in [1.54, 1.807) is 4.90 Å². The van der Waals surface area contributed by atoms with Crippen molar-refractivity contribution in [1.29, 1.82) is 0 Å². The third-order valence-electron chi connectivity index (χ3n) is 4.23. The lowest BCUT2D eigenvalue weighted by Gasteiger charge is -2.24. The predicted molar refractivity (Wildman–Crippen MR) is 85.4 cm³/mol. The number of halogens is 1. The molecule has 0 radical (unpaired) electrons. The summed E-state index contributed by atoms with van der Waals surface area (Å²) in [6.07, 6.45) is 1.54. The van der Waals surface area contributed by atoms with E-state index in [4.69, 9.17) is 0 Å². The standard InChI is InChI=1S/C16H17BrN2O3/c1-10-8-11-9-12(17)2-3-13(11)19(10)16(22)6-7-18-14(20)4-5-15(18)21/h2-3,9-10H,4-8H2,1H3. The molecule has 22 heavy (non-hydrogen) atoms. The molecule has 3 amide bonds. The Kier molecular flexibility index (Phi) is 4.04. The third kappa shape index (κ3) is 2.67. The van der Waals surface area contributed by atoms with Crippen LogP contribution >= 0.6 is 15.9 Å². The molecule has 0 aliphatic carbocycles. The first-order valence-electron chi connectivity index (χ1n) is 7.41. The second-order valence-corrected chi connectivity index (χ2v) is 6.69. The van der Waals surface area contributed by atoms with Crippen molar-refractivity contribution in [2.45, 2.75) is 38.6 Å². The van der Waals surface area contributed by atoms with Gasteiger partial charge >= 0.3 is 0 Å². The van der Waals surface area contributed by atoms with Gasteiger partial charge in [-0.1, -0.05) is 15.9 Å². The van der Waals surface area contributed by atoms with Crippen LogP contribution in [0.3, 0.4) is 0 Å². The maximum atomic E-state index is 12.5. The van der Waals surface area contributed by atoms with Crippen LogP contribution in [0.1, 0.15) is 31.7 Å². The normalized spacial score (nSPS) is 20.7. The highest BCUT2D eigenvalue weighted by Gasteiger charge is 2.33. The Hall–Kier alpha value is -1.69. The summed E-state index contributed by atoms with van der Waals surface area (Å²) in [7, 11) is 0. The van der Waals surface area contributed by atoms with E-state index in [1.165, 1.54) is 4.90 Å². The van der Waals surface area contributed by atoms with E-state index in [2.05, 4.69) is 15.9 Å². The van der Waals surface area contributed by atoms with Crippen molar-refractivity contribution in [3.8, 4) is 0 Å². The van der Waals surface area contributed by atoms with Crippen LogP contribution in [0.2, 0.25) is 0 Å². The fourth-order valence-corrected chi connectivity index (χ4v) is 3.59. The van der Waals surface area contributed by atoms with Crippen LogP contribution in [-0.4, -0.2) is 35.2 Å². The molecule has 2 aliphatic heterocycles. The quantitative estimate of drug-likeness (QED) is 0.773. The number of carbonyl (C=O) groups is 3. The van der Waals surface area contributed by atoms with E-state index < -0.39 is 0 Å². The van der Waals surface area contributed by atoms with Crippen molar-refractivity contribution < 1.29 is 14.4 Å². The van der Waals surface area contributed by atoms with Crippen molar-refractivity contribution in [2.75, 3.05) is 11.4 Å². The number of likely N-dealkylation sites (tertiary alicyclic amines) is 1. The average Bonchev–Trinajstić information content (AvgIpc) is 2.95. The van der Waals surface area contributed by atoms with Crippen molar-refractivity contribution in [1.82, 2.24) is 4.90 Å². The van der Waals surface area contributed by atoms with E-state index in [9.17, 15) is 14.4 Å². The van der Waals surface area contributed by atoms with Gasteiger partial charge in [-0.2, -0.15) is 0 Å². The van der Waals surface area contributed by atoms with Crippen LogP contribution in [-0.2, 0) is 20.8 Å². The fraction of sp³-hybridized carbons (Fsp3) is 0.438. The summed E-state index contributed by atoms with van der Waals surface area (Å²) in [5, 5.41) is 0. The highest BCUT2D eigenvalue weighted by atomic mass is 79.9. The average molecular weight is 365 g/mol. The van der Waals surface area contributed by atoms with E-state index in [-0.39, 0.29) is 49.6 Å². The molecule has 5 nitrogen and oxygen atoms in total. The summed E-state index contributed by atoms with van der Waals surface area (Å²) in [6.45, 7) is 2.20. The molecule has 2 heterocycles. The number of rotatable bonds is 3. The van der Waals surface area contributed by atoms with Crippen LogP contribution in [0.4, 0.5) is 5.69 Å². The number of nitrogens with zero attached hydrogens (tertiary/aromatic N) is 2. The minimum absolute atomic E-state index is 0.0407. The van der Waals surface area contributed by atoms with Crippen molar-refractivity contribution in [2.24, 2.45) is 0 Å². The number of amides is 3. The van der Waals surface area contributed by atoms with Crippen LogP contribution in [0.5, 0.6) is 0 Å². The van der Waals surface area contributed by atoms with E-state index >= 15 is 0 Å². The van der Waals surface area contributed by atoms with Gasteiger partial charge < -0.3 is 4.90 Å². The first-order chi connectivity index (χ1) is 10.5. The lowest BCUT2D eigenvalue weighted by atomic mass is 10.1. The van der Waals surface area contributed by atoms with Crippen LogP contribution in [0, 0.1) is 0 Å². The summed E-state index contributed by atoms with van der Waals surface area (Å²) >= 11 is 3.45. The predicted octanol–water partition coefficient (Wildman–Crippen LogP) is 2.27. The van der Waals surface area contributed by atoms with Gasteiger partial charge in [-0.05, 0) is 37.1 Å². The molecule has 6 heteroatoms. The van der Waals surface area contributed by atoms with Crippen LogP contribution in [0.25, 0.3) is 0 Å². The molecule has 1 unspecified atom stereocenters. The summed E-state index contributed by atoms with van der Waals surface area (Å²) < 4.78 is 1.00. The second-order valence-electron chi connectivity index (χ2n) is 5.78. The zero-order valence-corrected chi connectivity index (χ0v) is 13.9. The summed E-state index contributed by atoms with van der Waals surface area (Å²) in [4.78, 5) is 38.7. The Morgan fingerprint density at radius 1 is 1.27 bits per heavy atom. The van der Waals surface area contributed by atoms with Gasteiger partial charge in [0.05, 0.1) is 0 Å². The van der Waals surface area contributed by atoms with E-state index in [0.29, 0.717) is 0 Å². The van der Waals surface area contributed by atoms with Gasteiger partial charge in [0.2, 0.25) is 17.7 Å². The minimum atomic E-state index is -0.170. The third-order valence-corrected chi connectivity index (χ3v) is 4.72. The molecule has 1 saturated heterocycles. The zero-order valence-electron chi connectivity index (χ0n) is 12.3. The molecule has 0 spiro atoms. The Balaban J connectivity index is 1.71. The number of benzene rings is 1. The van der Waals surface area contributed by atoms with Gasteiger partial charge in [0.25, 0.3) is 0 Å². The smallest absolute Gasteiger partial charge is 0.229 e. The number of hydrogen-bond donors (Lipinski definition) is 0. The Morgan fingerprint density at radius 3 is 2.64 bits per heavy atom. The molecular formula is C16H17BrN2O3. The largest absolute Gasteiger partial charge is 0.309 e. The summed E-state index contributed by atoms with van der Waals surface area (Å²) in [5.74, 6) is -0.380. The minimum Gasteiger partial charge on any atom is -0.309 e. The van der Waals surface area contributed by atoms with Gasteiger partial charge in [0, 0.05) is 42.0 Å². The molecule has 2 aliphatic rings. The SMILES string of the molecule is CC1Cc2cc(Br)ccc2N1C(=O)CCN1C(=O)CCC1=O. The molecule has 1 atom stereocenters. The van der Waals surface area contributed by atoms with E-state index in [1.807, 2.05) is 25.1 Å². The zero-order chi connectivity index (χ0) is 15.9. The van der Waals surface area contributed by atoms with Gasteiger partial charge in [-0.3, -0.25) is 19.3 Å². The van der Waals surface area contributed by atoms with Crippen molar-refractivity contribution >= 4 is 39.3 Å². The molecule has 0 N–H and O–H groups in total. The van der Waals surface area contributed by atoms with E-state index in [0.717, 1.165) is 22.1 Å². The molecule has 1 aromatic rings. The molecule has 3 rings (SSSR count). The van der Waals surface area contributed by atoms with Crippen LogP contribution in [0.15, 0.2) is 22.7 Å². The first-order valence-corrected chi connectivity index (χ1v) is 8.20. The maximum absolute atomic E-state index is 12.5.